The van der Waals surface area contributed by atoms with Gasteiger partial charge in [-0.05, 0) is 37.8 Å². The SMILES string of the molecule is CCn1nc(C(=O)O)c2c1CCC(NCc1ccccc1-n1cncn1)C2. The lowest BCUT2D eigenvalue weighted by Crippen LogP contribution is -2.35. The number of aromatic carboxylic acids is 1. The topological polar surface area (TPSA) is 97.9 Å². The number of benzene rings is 1. The summed E-state index contributed by atoms with van der Waals surface area (Å²) >= 11 is 0. The molecule has 8 nitrogen and oxygen atoms in total. The molecule has 0 radical (unpaired) electrons. The van der Waals surface area contributed by atoms with Gasteiger partial charge in [-0.1, -0.05) is 18.2 Å². The molecule has 140 valence electrons. The number of hydrogen-bond acceptors (Lipinski definition) is 5. The highest BCUT2D eigenvalue weighted by Crippen LogP contribution is 2.25. The van der Waals surface area contributed by atoms with Crippen molar-refractivity contribution in [1.29, 1.82) is 0 Å². The maximum Gasteiger partial charge on any atom is 0.356 e. The Balaban J connectivity index is 1.51. The van der Waals surface area contributed by atoms with Gasteiger partial charge in [0, 0.05) is 30.4 Å². The van der Waals surface area contributed by atoms with E-state index in [2.05, 4.69) is 26.6 Å². The van der Waals surface area contributed by atoms with Crippen molar-refractivity contribution in [2.75, 3.05) is 0 Å². The van der Waals surface area contributed by atoms with Crippen LogP contribution in [0.3, 0.4) is 0 Å². The first-order valence-corrected chi connectivity index (χ1v) is 9.15. The fourth-order valence-electron chi connectivity index (χ4n) is 3.77. The van der Waals surface area contributed by atoms with Crippen LogP contribution in [0.4, 0.5) is 0 Å². The van der Waals surface area contributed by atoms with E-state index in [9.17, 15) is 9.90 Å². The molecule has 0 amide bonds. The van der Waals surface area contributed by atoms with Gasteiger partial charge >= 0.3 is 5.97 Å². The fourth-order valence-corrected chi connectivity index (χ4v) is 3.77. The second kappa shape index (κ2) is 7.32. The van der Waals surface area contributed by atoms with Crippen LogP contribution in [0.25, 0.3) is 5.69 Å². The molecule has 1 unspecified atom stereocenters. The molecule has 2 heterocycles. The zero-order chi connectivity index (χ0) is 18.8. The van der Waals surface area contributed by atoms with Gasteiger partial charge in [0.15, 0.2) is 5.69 Å². The van der Waals surface area contributed by atoms with Gasteiger partial charge in [0.25, 0.3) is 0 Å². The summed E-state index contributed by atoms with van der Waals surface area (Å²) in [5.74, 6) is -0.948. The van der Waals surface area contributed by atoms with Crippen LogP contribution >= 0.6 is 0 Å². The Labute approximate surface area is 156 Å². The predicted molar refractivity (Wildman–Crippen MR) is 98.9 cm³/mol. The summed E-state index contributed by atoms with van der Waals surface area (Å²) in [7, 11) is 0. The molecule has 1 aliphatic carbocycles. The summed E-state index contributed by atoms with van der Waals surface area (Å²) in [4.78, 5) is 15.6. The Kier molecular flexibility index (Phi) is 4.72. The molecular weight excluding hydrogens is 344 g/mol. The lowest BCUT2D eigenvalue weighted by atomic mass is 9.91. The first-order chi connectivity index (χ1) is 13.2. The molecule has 1 atom stereocenters. The Bertz CT molecular complexity index is 947. The third-order valence-corrected chi connectivity index (χ3v) is 5.09. The number of aryl methyl sites for hydroxylation is 1. The van der Waals surface area contributed by atoms with Crippen LogP contribution in [-0.2, 0) is 25.9 Å². The number of nitrogens with zero attached hydrogens (tertiary/aromatic N) is 5. The van der Waals surface area contributed by atoms with E-state index in [1.807, 2.05) is 29.8 Å². The number of carboxylic acid groups (broad SMARTS) is 1. The fraction of sp³-hybridized carbons (Fsp3) is 0.368. The molecule has 0 bridgehead atoms. The van der Waals surface area contributed by atoms with E-state index in [1.54, 1.807) is 11.0 Å². The third kappa shape index (κ3) is 3.35. The molecule has 0 saturated heterocycles. The van der Waals surface area contributed by atoms with Crippen LogP contribution in [0.2, 0.25) is 0 Å². The summed E-state index contributed by atoms with van der Waals surface area (Å²) < 4.78 is 3.58. The van der Waals surface area contributed by atoms with Gasteiger partial charge in [-0.3, -0.25) is 4.68 Å². The van der Waals surface area contributed by atoms with Crippen LogP contribution in [-0.4, -0.2) is 41.7 Å². The van der Waals surface area contributed by atoms with Crippen molar-refractivity contribution >= 4 is 5.97 Å². The molecule has 8 heteroatoms. The number of carboxylic acids is 1. The maximum absolute atomic E-state index is 11.6. The second-order valence-corrected chi connectivity index (χ2v) is 6.68. The Hall–Kier alpha value is -3.00. The number of hydrogen-bond donors (Lipinski definition) is 2. The molecule has 2 aromatic heterocycles. The quantitative estimate of drug-likeness (QED) is 0.691. The summed E-state index contributed by atoms with van der Waals surface area (Å²) in [5.41, 5.74) is 4.25. The number of fused-ring (bicyclic) bond motifs is 1. The molecule has 0 spiro atoms. The molecule has 1 aromatic carbocycles. The van der Waals surface area contributed by atoms with Crippen LogP contribution in [0.1, 0.15) is 40.7 Å². The largest absolute Gasteiger partial charge is 0.476 e. The van der Waals surface area contributed by atoms with Crippen LogP contribution in [0.5, 0.6) is 0 Å². The molecule has 1 aliphatic rings. The molecule has 27 heavy (non-hydrogen) atoms. The highest BCUT2D eigenvalue weighted by Gasteiger charge is 2.28. The van der Waals surface area contributed by atoms with E-state index in [4.69, 9.17) is 0 Å². The van der Waals surface area contributed by atoms with E-state index < -0.39 is 5.97 Å². The van der Waals surface area contributed by atoms with Crippen molar-refractivity contribution in [3.05, 3.63) is 59.4 Å². The van der Waals surface area contributed by atoms with E-state index in [0.29, 0.717) is 19.5 Å². The maximum atomic E-state index is 11.6. The van der Waals surface area contributed by atoms with Gasteiger partial charge in [0.1, 0.15) is 12.7 Å². The standard InChI is InChI=1S/C19H22N6O2/c1-2-24-17-8-7-14(9-15(17)18(23-24)19(26)27)21-10-13-5-3-4-6-16(13)25-12-20-11-22-25/h3-6,11-12,14,21H,2,7-10H2,1H3,(H,26,27). The zero-order valence-corrected chi connectivity index (χ0v) is 15.2. The van der Waals surface area contributed by atoms with E-state index in [0.717, 1.165) is 35.3 Å². The van der Waals surface area contributed by atoms with Crippen molar-refractivity contribution < 1.29 is 9.90 Å². The first kappa shape index (κ1) is 17.4. The molecule has 3 aromatic rings. The summed E-state index contributed by atoms with van der Waals surface area (Å²) in [6, 6.07) is 8.28. The van der Waals surface area contributed by atoms with Crippen molar-refractivity contribution in [2.24, 2.45) is 0 Å². The average Bonchev–Trinajstić information content (AvgIpc) is 3.34. The zero-order valence-electron chi connectivity index (χ0n) is 15.2. The normalized spacial score (nSPS) is 16.3. The number of nitrogens with one attached hydrogen (secondary N) is 1. The van der Waals surface area contributed by atoms with Crippen LogP contribution in [0, 0.1) is 0 Å². The number of rotatable bonds is 6. The molecule has 0 aliphatic heterocycles. The highest BCUT2D eigenvalue weighted by atomic mass is 16.4. The smallest absolute Gasteiger partial charge is 0.356 e. The van der Waals surface area contributed by atoms with Crippen molar-refractivity contribution in [3.8, 4) is 5.69 Å². The summed E-state index contributed by atoms with van der Waals surface area (Å²) in [5, 5.41) is 21.6. The van der Waals surface area contributed by atoms with Gasteiger partial charge < -0.3 is 10.4 Å². The first-order valence-electron chi connectivity index (χ1n) is 9.15. The van der Waals surface area contributed by atoms with Crippen LogP contribution < -0.4 is 5.32 Å². The Morgan fingerprint density at radius 2 is 2.22 bits per heavy atom. The molecule has 4 rings (SSSR count). The molecule has 0 fully saturated rings. The lowest BCUT2D eigenvalue weighted by Gasteiger charge is -2.25. The minimum Gasteiger partial charge on any atom is -0.476 e. The minimum absolute atomic E-state index is 0.196. The lowest BCUT2D eigenvalue weighted by molar-refractivity contribution is 0.0688. The molecule has 2 N–H and O–H groups in total. The van der Waals surface area contributed by atoms with E-state index >= 15 is 0 Å². The Morgan fingerprint density at radius 3 is 2.96 bits per heavy atom. The van der Waals surface area contributed by atoms with Crippen molar-refractivity contribution in [2.45, 2.75) is 45.3 Å². The van der Waals surface area contributed by atoms with Gasteiger partial charge in [0.2, 0.25) is 0 Å². The number of aromatic nitrogens is 5. The van der Waals surface area contributed by atoms with Crippen molar-refractivity contribution in [1.82, 2.24) is 29.9 Å². The van der Waals surface area contributed by atoms with Gasteiger partial charge in [-0.25, -0.2) is 14.5 Å². The monoisotopic (exact) mass is 366 g/mol. The van der Waals surface area contributed by atoms with Crippen LogP contribution in [0.15, 0.2) is 36.9 Å². The number of para-hydroxylation sites is 1. The minimum atomic E-state index is -0.948. The Morgan fingerprint density at radius 1 is 1.37 bits per heavy atom. The summed E-state index contributed by atoms with van der Waals surface area (Å²) in [6.45, 7) is 3.36. The van der Waals surface area contributed by atoms with Crippen molar-refractivity contribution in [3.63, 3.8) is 0 Å². The third-order valence-electron chi connectivity index (χ3n) is 5.09. The predicted octanol–water partition coefficient (Wildman–Crippen LogP) is 1.83. The molecule has 0 saturated carbocycles. The van der Waals surface area contributed by atoms with Gasteiger partial charge in [-0.2, -0.15) is 10.2 Å². The van der Waals surface area contributed by atoms with Gasteiger partial charge in [0.05, 0.1) is 5.69 Å². The molecular formula is C19H22N6O2. The summed E-state index contributed by atoms with van der Waals surface area (Å²) in [6.07, 6.45) is 5.69. The van der Waals surface area contributed by atoms with E-state index in [-0.39, 0.29) is 11.7 Å². The average molecular weight is 366 g/mol. The number of carbonyl (C=O) groups is 1. The highest BCUT2D eigenvalue weighted by molar-refractivity contribution is 5.87. The second-order valence-electron chi connectivity index (χ2n) is 6.68. The van der Waals surface area contributed by atoms with Gasteiger partial charge in [-0.15, -0.1) is 0 Å². The van der Waals surface area contributed by atoms with E-state index in [1.165, 1.54) is 6.33 Å².